The van der Waals surface area contributed by atoms with Crippen LogP contribution in [-0.4, -0.2) is 14.3 Å². The molecular formula is C16H16ClFN2O3S2. The van der Waals surface area contributed by atoms with Crippen LogP contribution in [0.25, 0.3) is 0 Å². The lowest BCUT2D eigenvalue weighted by atomic mass is 9.90. The molecule has 2 N–H and O–H groups in total. The summed E-state index contributed by atoms with van der Waals surface area (Å²) in [5.74, 6) is -0.600. The van der Waals surface area contributed by atoms with Gasteiger partial charge in [-0.15, -0.1) is 16.2 Å². The topological polar surface area (TPSA) is 75.3 Å². The summed E-state index contributed by atoms with van der Waals surface area (Å²) in [4.78, 5) is 15.6. The Morgan fingerprint density at radius 3 is 2.84 bits per heavy atom. The molecule has 1 unspecified atom stereocenters. The summed E-state index contributed by atoms with van der Waals surface area (Å²) in [6.45, 7) is 2.17. The standard InChI is InChI=1S/C16H16ClFN2O3S2/c1-9-2-4-13-10(6-9)7-14(24-13)16(21)19-20-25(22,23)15-5-3-11(18)8-12(15)17/h3,5,7-9,20H,2,4,6H2,1H3,(H,19,21). The van der Waals surface area contributed by atoms with Crippen molar-refractivity contribution in [3.8, 4) is 0 Å². The maximum absolute atomic E-state index is 13.0. The van der Waals surface area contributed by atoms with E-state index in [1.165, 1.54) is 16.2 Å². The van der Waals surface area contributed by atoms with Crippen molar-refractivity contribution >= 4 is 38.9 Å². The van der Waals surface area contributed by atoms with E-state index in [9.17, 15) is 17.6 Å². The van der Waals surface area contributed by atoms with E-state index < -0.39 is 21.7 Å². The first kappa shape index (κ1) is 18.3. The Morgan fingerprint density at radius 2 is 2.12 bits per heavy atom. The van der Waals surface area contributed by atoms with Crippen molar-refractivity contribution in [3.05, 3.63) is 50.4 Å². The van der Waals surface area contributed by atoms with E-state index in [4.69, 9.17) is 11.6 Å². The Hall–Kier alpha value is -1.48. The highest BCUT2D eigenvalue weighted by atomic mass is 35.5. The zero-order valence-electron chi connectivity index (χ0n) is 13.3. The summed E-state index contributed by atoms with van der Waals surface area (Å²) >= 11 is 7.13. The zero-order chi connectivity index (χ0) is 18.2. The third-order valence-corrected chi connectivity index (χ3v) is 7.00. The van der Waals surface area contributed by atoms with Gasteiger partial charge in [-0.3, -0.25) is 10.2 Å². The third-order valence-electron chi connectivity index (χ3n) is 4.04. The first-order chi connectivity index (χ1) is 11.8. The molecule has 2 aromatic rings. The molecule has 0 fully saturated rings. The lowest BCUT2D eigenvalue weighted by Crippen LogP contribution is -2.41. The van der Waals surface area contributed by atoms with Crippen LogP contribution in [0.1, 0.15) is 33.5 Å². The van der Waals surface area contributed by atoms with Gasteiger partial charge in [0.25, 0.3) is 15.9 Å². The van der Waals surface area contributed by atoms with Crippen LogP contribution in [0.15, 0.2) is 29.2 Å². The summed E-state index contributed by atoms with van der Waals surface area (Å²) in [6, 6.07) is 4.73. The van der Waals surface area contributed by atoms with Gasteiger partial charge < -0.3 is 0 Å². The number of amides is 1. The van der Waals surface area contributed by atoms with Gasteiger partial charge in [-0.1, -0.05) is 18.5 Å². The Morgan fingerprint density at radius 1 is 1.36 bits per heavy atom. The summed E-state index contributed by atoms with van der Waals surface area (Å²) in [6.07, 6.45) is 2.95. The fraction of sp³-hybridized carbons (Fsp3) is 0.312. The predicted molar refractivity (Wildman–Crippen MR) is 94.7 cm³/mol. The van der Waals surface area contributed by atoms with Gasteiger partial charge in [0.1, 0.15) is 10.7 Å². The summed E-state index contributed by atoms with van der Waals surface area (Å²) < 4.78 is 37.5. The van der Waals surface area contributed by atoms with Crippen LogP contribution in [-0.2, 0) is 22.9 Å². The number of sulfonamides is 1. The van der Waals surface area contributed by atoms with E-state index in [0.29, 0.717) is 10.8 Å². The molecule has 1 aliphatic carbocycles. The molecule has 1 aromatic carbocycles. The van der Waals surface area contributed by atoms with Crippen molar-refractivity contribution in [1.82, 2.24) is 10.3 Å². The first-order valence-electron chi connectivity index (χ1n) is 7.65. The van der Waals surface area contributed by atoms with Gasteiger partial charge in [0.05, 0.1) is 9.90 Å². The molecule has 1 atom stereocenters. The van der Waals surface area contributed by atoms with Crippen LogP contribution in [0, 0.1) is 11.7 Å². The third kappa shape index (κ3) is 4.03. The molecule has 1 aromatic heterocycles. The average Bonchev–Trinajstić information content (AvgIpc) is 2.95. The molecule has 0 saturated carbocycles. The van der Waals surface area contributed by atoms with E-state index >= 15 is 0 Å². The van der Waals surface area contributed by atoms with Gasteiger partial charge in [-0.05, 0) is 55.0 Å². The van der Waals surface area contributed by atoms with Crippen LogP contribution in [0.4, 0.5) is 4.39 Å². The van der Waals surface area contributed by atoms with Crippen molar-refractivity contribution in [2.24, 2.45) is 5.92 Å². The van der Waals surface area contributed by atoms with E-state index in [-0.39, 0.29) is 9.92 Å². The molecule has 9 heteroatoms. The van der Waals surface area contributed by atoms with Gasteiger partial charge >= 0.3 is 0 Å². The number of carbonyl (C=O) groups excluding carboxylic acids is 1. The maximum Gasteiger partial charge on any atom is 0.276 e. The summed E-state index contributed by atoms with van der Waals surface area (Å²) in [5, 5.41) is -0.262. The molecule has 1 heterocycles. The van der Waals surface area contributed by atoms with Crippen LogP contribution in [0.2, 0.25) is 5.02 Å². The Bertz CT molecular complexity index is 927. The minimum absolute atomic E-state index is 0.262. The highest BCUT2D eigenvalue weighted by Crippen LogP contribution is 2.32. The van der Waals surface area contributed by atoms with Gasteiger partial charge in [0.15, 0.2) is 0 Å². The number of halogens is 2. The minimum atomic E-state index is -4.10. The Kier molecular flexibility index (Phi) is 5.15. The number of fused-ring (bicyclic) bond motifs is 1. The predicted octanol–water partition coefficient (Wildman–Crippen LogP) is 3.29. The normalized spacial score (nSPS) is 17.2. The lowest BCUT2D eigenvalue weighted by Gasteiger charge is -2.16. The molecular weight excluding hydrogens is 387 g/mol. The smallest absolute Gasteiger partial charge is 0.273 e. The number of hydrazine groups is 1. The summed E-state index contributed by atoms with van der Waals surface area (Å²) in [7, 11) is -4.10. The first-order valence-corrected chi connectivity index (χ1v) is 10.3. The fourth-order valence-electron chi connectivity index (χ4n) is 2.74. The molecule has 0 spiro atoms. The zero-order valence-corrected chi connectivity index (χ0v) is 15.7. The number of carbonyl (C=O) groups is 1. The van der Waals surface area contributed by atoms with Crippen molar-refractivity contribution in [2.45, 2.75) is 31.1 Å². The molecule has 0 saturated heterocycles. The molecule has 0 radical (unpaired) electrons. The number of aryl methyl sites for hydroxylation is 1. The molecule has 1 aliphatic rings. The van der Waals surface area contributed by atoms with E-state index in [0.717, 1.165) is 43.0 Å². The molecule has 1 amide bonds. The van der Waals surface area contributed by atoms with Crippen molar-refractivity contribution in [2.75, 3.05) is 0 Å². The highest BCUT2D eigenvalue weighted by molar-refractivity contribution is 7.89. The van der Waals surface area contributed by atoms with Gasteiger partial charge in [0.2, 0.25) is 0 Å². The molecule has 0 aliphatic heterocycles. The molecule has 134 valence electrons. The van der Waals surface area contributed by atoms with Crippen LogP contribution >= 0.6 is 22.9 Å². The number of hydrogen-bond acceptors (Lipinski definition) is 4. The largest absolute Gasteiger partial charge is 0.276 e. The van der Waals surface area contributed by atoms with Crippen molar-refractivity contribution in [3.63, 3.8) is 0 Å². The van der Waals surface area contributed by atoms with E-state index in [2.05, 4.69) is 12.3 Å². The average molecular weight is 403 g/mol. The second kappa shape index (κ2) is 7.03. The van der Waals surface area contributed by atoms with Crippen LogP contribution in [0.5, 0.6) is 0 Å². The lowest BCUT2D eigenvalue weighted by molar-refractivity contribution is 0.0949. The number of benzene rings is 1. The quantitative estimate of drug-likeness (QED) is 0.770. The van der Waals surface area contributed by atoms with Crippen LogP contribution < -0.4 is 10.3 Å². The number of nitrogens with one attached hydrogen (secondary N) is 2. The van der Waals surface area contributed by atoms with Gasteiger partial charge in [0, 0.05) is 4.88 Å². The second-order valence-electron chi connectivity index (χ2n) is 6.04. The highest BCUT2D eigenvalue weighted by Gasteiger charge is 2.23. The van der Waals surface area contributed by atoms with Crippen molar-refractivity contribution in [1.29, 1.82) is 0 Å². The second-order valence-corrected chi connectivity index (χ2v) is 9.24. The molecule has 0 bridgehead atoms. The Balaban J connectivity index is 1.71. The Labute approximate surface area is 154 Å². The van der Waals surface area contributed by atoms with E-state index in [1.807, 2.05) is 10.9 Å². The van der Waals surface area contributed by atoms with E-state index in [1.54, 1.807) is 0 Å². The maximum atomic E-state index is 13.0. The monoisotopic (exact) mass is 402 g/mol. The fourth-order valence-corrected chi connectivity index (χ4v) is 5.22. The van der Waals surface area contributed by atoms with Gasteiger partial charge in [-0.2, -0.15) is 0 Å². The minimum Gasteiger partial charge on any atom is -0.273 e. The number of rotatable bonds is 4. The van der Waals surface area contributed by atoms with Crippen LogP contribution in [0.3, 0.4) is 0 Å². The SMILES string of the molecule is CC1CCc2sc(C(=O)NNS(=O)(=O)c3ccc(F)cc3Cl)cc2C1. The summed E-state index contributed by atoms with van der Waals surface area (Å²) in [5.41, 5.74) is 3.33. The molecule has 25 heavy (non-hydrogen) atoms. The molecule has 3 rings (SSSR count). The van der Waals surface area contributed by atoms with Gasteiger partial charge in [-0.25, -0.2) is 12.8 Å². The number of thiophene rings is 1. The molecule has 5 nitrogen and oxygen atoms in total. The number of hydrogen-bond donors (Lipinski definition) is 2. The van der Waals surface area contributed by atoms with Crippen molar-refractivity contribution < 1.29 is 17.6 Å².